The van der Waals surface area contributed by atoms with Gasteiger partial charge < -0.3 is 0 Å². The van der Waals surface area contributed by atoms with Gasteiger partial charge in [0.1, 0.15) is 6.33 Å². The Morgan fingerprint density at radius 3 is 2.87 bits per heavy atom. The first-order chi connectivity index (χ1) is 7.20. The van der Waals surface area contributed by atoms with Crippen LogP contribution in [-0.2, 0) is 4.79 Å². The molecule has 0 aromatic carbocycles. The van der Waals surface area contributed by atoms with Crippen LogP contribution < -0.4 is 5.01 Å². The molecule has 0 bridgehead atoms. The van der Waals surface area contributed by atoms with Crippen molar-refractivity contribution in [3.63, 3.8) is 0 Å². The zero-order chi connectivity index (χ0) is 10.8. The van der Waals surface area contributed by atoms with Crippen LogP contribution in [0.2, 0.25) is 0 Å². The number of hydrogen-bond acceptors (Lipinski definition) is 4. The second-order valence-corrected chi connectivity index (χ2v) is 3.42. The van der Waals surface area contributed by atoms with Gasteiger partial charge in [0.05, 0.1) is 6.42 Å². The molecule has 2 rings (SSSR count). The Bertz CT molecular complexity index is 427. The molecule has 1 aromatic heterocycles. The van der Waals surface area contributed by atoms with E-state index in [1.54, 1.807) is 6.07 Å². The highest BCUT2D eigenvalue weighted by atomic mass is 16.2. The van der Waals surface area contributed by atoms with Crippen molar-refractivity contribution in [2.24, 2.45) is 5.10 Å². The molecular formula is C10H12N4O. The van der Waals surface area contributed by atoms with Gasteiger partial charge in [-0.05, 0) is 13.3 Å². The first-order valence-corrected chi connectivity index (χ1v) is 4.88. The van der Waals surface area contributed by atoms with Crippen LogP contribution in [-0.4, -0.2) is 21.6 Å². The molecule has 0 aliphatic carbocycles. The first-order valence-electron chi connectivity index (χ1n) is 4.88. The number of nitrogens with zero attached hydrogens (tertiary/aromatic N) is 4. The highest BCUT2D eigenvalue weighted by Crippen LogP contribution is 2.18. The molecule has 1 aromatic rings. The van der Waals surface area contributed by atoms with Gasteiger partial charge in [0.25, 0.3) is 5.91 Å². The summed E-state index contributed by atoms with van der Waals surface area (Å²) in [5.74, 6) is 0.529. The summed E-state index contributed by atoms with van der Waals surface area (Å²) in [5.41, 5.74) is 1.73. The van der Waals surface area contributed by atoms with Crippen LogP contribution in [0.4, 0.5) is 5.82 Å². The van der Waals surface area contributed by atoms with Crippen molar-refractivity contribution in [3.8, 4) is 0 Å². The van der Waals surface area contributed by atoms with Crippen LogP contribution in [0.1, 0.15) is 25.5 Å². The van der Waals surface area contributed by atoms with Gasteiger partial charge in [-0.1, -0.05) is 6.92 Å². The predicted molar refractivity (Wildman–Crippen MR) is 56.6 cm³/mol. The summed E-state index contributed by atoms with van der Waals surface area (Å²) < 4.78 is 0. The molecule has 1 aliphatic rings. The van der Waals surface area contributed by atoms with E-state index in [0.717, 1.165) is 17.8 Å². The normalized spacial score (nSPS) is 15.7. The highest BCUT2D eigenvalue weighted by molar-refractivity contribution is 6.12. The minimum atomic E-state index is -0.0232. The van der Waals surface area contributed by atoms with E-state index in [1.165, 1.54) is 11.3 Å². The summed E-state index contributed by atoms with van der Waals surface area (Å²) in [6, 6.07) is 1.75. The Balaban J connectivity index is 2.32. The molecule has 2 heterocycles. The van der Waals surface area contributed by atoms with Crippen molar-refractivity contribution in [2.45, 2.75) is 26.7 Å². The third-order valence-electron chi connectivity index (χ3n) is 2.25. The van der Waals surface area contributed by atoms with Crippen LogP contribution in [0.25, 0.3) is 0 Å². The summed E-state index contributed by atoms with van der Waals surface area (Å²) in [7, 11) is 0. The lowest BCUT2D eigenvalue weighted by Crippen LogP contribution is -2.20. The largest absolute Gasteiger partial charge is 0.272 e. The van der Waals surface area contributed by atoms with Gasteiger partial charge >= 0.3 is 0 Å². The molecule has 0 unspecified atom stereocenters. The van der Waals surface area contributed by atoms with Gasteiger partial charge in [0.2, 0.25) is 0 Å². The van der Waals surface area contributed by atoms with Gasteiger partial charge in [-0.2, -0.15) is 10.1 Å². The molecule has 0 N–H and O–H groups in total. The number of amides is 1. The van der Waals surface area contributed by atoms with E-state index in [4.69, 9.17) is 0 Å². The number of anilines is 1. The fourth-order valence-electron chi connectivity index (χ4n) is 1.41. The highest BCUT2D eigenvalue weighted by Gasteiger charge is 2.24. The standard InChI is InChI=1S/C10H12N4O/c1-3-8-5-10(15)14(13-8)9-4-7(2)11-6-12-9/h4,6H,3,5H2,1-2H3. The number of rotatable bonds is 2. The average Bonchev–Trinajstić information content (AvgIpc) is 2.60. The summed E-state index contributed by atoms with van der Waals surface area (Å²) in [6.07, 6.45) is 2.64. The number of aromatic nitrogens is 2. The minimum absolute atomic E-state index is 0.0232. The summed E-state index contributed by atoms with van der Waals surface area (Å²) in [6.45, 7) is 3.84. The fourth-order valence-corrected chi connectivity index (χ4v) is 1.41. The molecule has 5 nitrogen and oxygen atoms in total. The second kappa shape index (κ2) is 3.76. The van der Waals surface area contributed by atoms with Gasteiger partial charge in [-0.3, -0.25) is 4.79 Å². The molecular weight excluding hydrogens is 192 g/mol. The second-order valence-electron chi connectivity index (χ2n) is 3.42. The predicted octanol–water partition coefficient (Wildman–Crippen LogP) is 1.29. The van der Waals surface area contributed by atoms with E-state index in [-0.39, 0.29) is 5.91 Å². The van der Waals surface area contributed by atoms with E-state index in [1.807, 2.05) is 13.8 Å². The van der Waals surface area contributed by atoms with Crippen molar-refractivity contribution in [2.75, 3.05) is 5.01 Å². The van der Waals surface area contributed by atoms with E-state index < -0.39 is 0 Å². The summed E-state index contributed by atoms with van der Waals surface area (Å²) in [4.78, 5) is 19.6. The van der Waals surface area contributed by atoms with Gasteiger partial charge in [-0.15, -0.1) is 0 Å². The van der Waals surface area contributed by atoms with Gasteiger partial charge in [0, 0.05) is 17.5 Å². The van der Waals surface area contributed by atoms with E-state index >= 15 is 0 Å². The third-order valence-corrected chi connectivity index (χ3v) is 2.25. The Labute approximate surface area is 87.8 Å². The third kappa shape index (κ3) is 1.86. The quantitative estimate of drug-likeness (QED) is 0.729. The molecule has 0 saturated heterocycles. The Hall–Kier alpha value is -1.78. The lowest BCUT2D eigenvalue weighted by molar-refractivity contribution is -0.116. The molecule has 0 saturated carbocycles. The topological polar surface area (TPSA) is 58.5 Å². The van der Waals surface area contributed by atoms with Crippen molar-refractivity contribution < 1.29 is 4.79 Å². The van der Waals surface area contributed by atoms with Crippen LogP contribution in [0.15, 0.2) is 17.5 Å². The van der Waals surface area contributed by atoms with Crippen molar-refractivity contribution in [1.29, 1.82) is 0 Å². The lowest BCUT2D eigenvalue weighted by Gasteiger charge is -2.09. The van der Waals surface area contributed by atoms with Crippen LogP contribution in [0.5, 0.6) is 0 Å². The molecule has 15 heavy (non-hydrogen) atoms. The Kier molecular flexibility index (Phi) is 2.45. The molecule has 0 fully saturated rings. The monoisotopic (exact) mass is 204 g/mol. The first kappa shape index (κ1) is 9.76. The van der Waals surface area contributed by atoms with Crippen LogP contribution >= 0.6 is 0 Å². The average molecular weight is 204 g/mol. The number of hydrazone groups is 1. The van der Waals surface area contributed by atoms with Gasteiger partial charge in [0.15, 0.2) is 5.82 Å². The van der Waals surface area contributed by atoms with Crippen molar-refractivity contribution in [1.82, 2.24) is 9.97 Å². The van der Waals surface area contributed by atoms with Crippen LogP contribution in [0.3, 0.4) is 0 Å². The molecule has 1 amide bonds. The van der Waals surface area contributed by atoms with E-state index in [2.05, 4.69) is 15.1 Å². The fraction of sp³-hybridized carbons (Fsp3) is 0.400. The number of hydrogen-bond donors (Lipinski definition) is 0. The zero-order valence-corrected chi connectivity index (χ0v) is 8.77. The molecule has 1 aliphatic heterocycles. The van der Waals surface area contributed by atoms with E-state index in [9.17, 15) is 4.79 Å². The Morgan fingerprint density at radius 2 is 2.27 bits per heavy atom. The lowest BCUT2D eigenvalue weighted by atomic mass is 10.2. The molecule has 0 spiro atoms. The molecule has 0 radical (unpaired) electrons. The van der Waals surface area contributed by atoms with Gasteiger partial charge in [-0.25, -0.2) is 9.97 Å². The maximum absolute atomic E-state index is 11.6. The summed E-state index contributed by atoms with van der Waals surface area (Å²) >= 11 is 0. The number of aryl methyl sites for hydroxylation is 1. The molecule has 5 heteroatoms. The molecule has 78 valence electrons. The number of carbonyl (C=O) groups is 1. The zero-order valence-electron chi connectivity index (χ0n) is 8.77. The molecule has 0 atom stereocenters. The maximum Gasteiger partial charge on any atom is 0.254 e. The SMILES string of the molecule is CCC1=NN(c2cc(C)ncn2)C(=O)C1. The van der Waals surface area contributed by atoms with E-state index in [0.29, 0.717) is 12.2 Å². The summed E-state index contributed by atoms with van der Waals surface area (Å²) in [5, 5.41) is 5.56. The minimum Gasteiger partial charge on any atom is -0.272 e. The van der Waals surface area contributed by atoms with Crippen molar-refractivity contribution >= 4 is 17.4 Å². The smallest absolute Gasteiger partial charge is 0.254 e. The van der Waals surface area contributed by atoms with Crippen molar-refractivity contribution in [3.05, 3.63) is 18.1 Å². The number of carbonyl (C=O) groups excluding carboxylic acids is 1. The Morgan fingerprint density at radius 1 is 1.47 bits per heavy atom. The van der Waals surface area contributed by atoms with Crippen LogP contribution in [0, 0.1) is 6.92 Å². The maximum atomic E-state index is 11.6.